The summed E-state index contributed by atoms with van der Waals surface area (Å²) < 4.78 is 0. The number of hydrogen-bond donors (Lipinski definition) is 3. The number of aromatic nitrogens is 4. The number of carbonyl (C=O) groups is 1. The highest BCUT2D eigenvalue weighted by Crippen LogP contribution is 2.41. The summed E-state index contributed by atoms with van der Waals surface area (Å²) in [5, 5.41) is 10.2. The summed E-state index contributed by atoms with van der Waals surface area (Å²) in [7, 11) is 0. The number of aromatic amines is 2. The van der Waals surface area contributed by atoms with Gasteiger partial charge in [-0.3, -0.25) is 9.89 Å². The zero-order valence-electron chi connectivity index (χ0n) is 13.2. The molecule has 0 unspecified atom stereocenters. The smallest absolute Gasteiger partial charge is 0.255 e. The molecule has 0 atom stereocenters. The van der Waals surface area contributed by atoms with Crippen LogP contribution in [0.2, 0.25) is 0 Å². The van der Waals surface area contributed by atoms with E-state index < -0.39 is 0 Å². The van der Waals surface area contributed by atoms with Crippen LogP contribution in [0.3, 0.4) is 0 Å². The van der Waals surface area contributed by atoms with Crippen molar-refractivity contribution in [3.8, 4) is 0 Å². The van der Waals surface area contributed by atoms with Gasteiger partial charge in [-0.05, 0) is 44.4 Å². The average Bonchev–Trinajstić information content (AvgIpc) is 3.18. The molecule has 0 saturated heterocycles. The molecule has 1 aromatic carbocycles. The van der Waals surface area contributed by atoms with Gasteiger partial charge in [-0.25, -0.2) is 4.98 Å². The average molecular weight is 309 g/mol. The van der Waals surface area contributed by atoms with Gasteiger partial charge in [0.2, 0.25) is 0 Å². The lowest BCUT2D eigenvalue weighted by atomic mass is 10.1. The van der Waals surface area contributed by atoms with Gasteiger partial charge in [0.1, 0.15) is 5.82 Å². The van der Waals surface area contributed by atoms with Crippen LogP contribution in [0.15, 0.2) is 18.2 Å². The third-order valence-corrected chi connectivity index (χ3v) is 4.27. The highest BCUT2D eigenvalue weighted by molar-refractivity contribution is 5.96. The van der Waals surface area contributed by atoms with Crippen molar-refractivity contribution in [2.45, 2.75) is 39.2 Å². The Morgan fingerprint density at radius 2 is 2.17 bits per heavy atom. The number of H-pyrrole nitrogens is 2. The molecule has 1 aliphatic carbocycles. The molecule has 118 valence electrons. The van der Waals surface area contributed by atoms with E-state index in [-0.39, 0.29) is 5.91 Å². The Hall–Kier alpha value is -2.63. The van der Waals surface area contributed by atoms with Crippen molar-refractivity contribution in [1.82, 2.24) is 25.5 Å². The maximum atomic E-state index is 12.5. The topological polar surface area (TPSA) is 86.5 Å². The van der Waals surface area contributed by atoms with Crippen LogP contribution in [0.4, 0.5) is 0 Å². The van der Waals surface area contributed by atoms with Gasteiger partial charge >= 0.3 is 0 Å². The molecule has 1 fully saturated rings. The number of benzene rings is 1. The molecule has 0 radical (unpaired) electrons. The number of imidazole rings is 1. The van der Waals surface area contributed by atoms with Crippen LogP contribution in [0.5, 0.6) is 0 Å². The van der Waals surface area contributed by atoms with Crippen LogP contribution >= 0.6 is 0 Å². The maximum absolute atomic E-state index is 12.5. The van der Waals surface area contributed by atoms with Crippen LogP contribution in [-0.4, -0.2) is 26.1 Å². The van der Waals surface area contributed by atoms with E-state index in [9.17, 15) is 4.79 Å². The van der Waals surface area contributed by atoms with Crippen molar-refractivity contribution in [1.29, 1.82) is 0 Å². The van der Waals surface area contributed by atoms with Crippen LogP contribution in [0, 0.1) is 13.8 Å². The Bertz CT molecular complexity index is 888. The first-order valence-corrected chi connectivity index (χ1v) is 7.90. The number of carbonyl (C=O) groups excluding carboxylic acids is 1. The first kappa shape index (κ1) is 14.0. The van der Waals surface area contributed by atoms with Gasteiger partial charge < -0.3 is 10.3 Å². The zero-order valence-corrected chi connectivity index (χ0v) is 13.2. The highest BCUT2D eigenvalue weighted by Gasteiger charge is 2.31. The standard InChI is InChI=1S/C17H19N5O/c1-9-3-6-12-13(7-9)20-14(19-12)8-18-17(23)15-10(2)21-22-16(15)11-4-5-11/h3,6-7,11H,4-5,8H2,1-2H3,(H,18,23)(H,19,20)(H,21,22). The monoisotopic (exact) mass is 309 g/mol. The Morgan fingerprint density at radius 1 is 1.35 bits per heavy atom. The third kappa shape index (κ3) is 2.60. The van der Waals surface area contributed by atoms with E-state index in [1.165, 1.54) is 5.56 Å². The normalized spacial score (nSPS) is 14.3. The second-order valence-corrected chi connectivity index (χ2v) is 6.27. The fourth-order valence-electron chi connectivity index (χ4n) is 2.90. The SMILES string of the molecule is Cc1ccc2nc(CNC(=O)c3c(C4CC4)n[nH]c3C)[nH]c2c1. The molecular weight excluding hydrogens is 290 g/mol. The van der Waals surface area contributed by atoms with Gasteiger partial charge in [0.15, 0.2) is 0 Å². The quantitative estimate of drug-likeness (QED) is 0.692. The summed E-state index contributed by atoms with van der Waals surface area (Å²) in [6, 6.07) is 6.07. The molecule has 23 heavy (non-hydrogen) atoms. The molecule has 2 heterocycles. The molecule has 0 aliphatic heterocycles. The summed E-state index contributed by atoms with van der Waals surface area (Å²) in [4.78, 5) is 20.3. The number of rotatable bonds is 4. The third-order valence-electron chi connectivity index (χ3n) is 4.27. The second kappa shape index (κ2) is 5.22. The van der Waals surface area contributed by atoms with Crippen molar-refractivity contribution >= 4 is 16.9 Å². The molecule has 3 aromatic rings. The largest absolute Gasteiger partial charge is 0.345 e. The van der Waals surface area contributed by atoms with Gasteiger partial charge in [0.25, 0.3) is 5.91 Å². The molecule has 4 rings (SSSR count). The number of hydrogen-bond acceptors (Lipinski definition) is 3. The van der Waals surface area contributed by atoms with Crippen molar-refractivity contribution in [2.24, 2.45) is 0 Å². The van der Waals surface area contributed by atoms with Crippen LogP contribution < -0.4 is 5.32 Å². The summed E-state index contributed by atoms with van der Waals surface area (Å²) in [5.41, 5.74) is 5.51. The van der Waals surface area contributed by atoms with E-state index >= 15 is 0 Å². The lowest BCUT2D eigenvalue weighted by Crippen LogP contribution is -2.24. The molecule has 1 saturated carbocycles. The van der Waals surface area contributed by atoms with Crippen molar-refractivity contribution in [3.63, 3.8) is 0 Å². The molecule has 3 N–H and O–H groups in total. The van der Waals surface area contributed by atoms with E-state index in [0.29, 0.717) is 18.0 Å². The molecule has 1 amide bonds. The van der Waals surface area contributed by atoms with E-state index in [0.717, 1.165) is 41.1 Å². The summed E-state index contributed by atoms with van der Waals surface area (Å²) in [5.74, 6) is 1.11. The number of fused-ring (bicyclic) bond motifs is 1. The predicted octanol–water partition coefficient (Wildman–Crippen LogP) is 2.71. The molecule has 0 bridgehead atoms. The van der Waals surface area contributed by atoms with E-state index in [1.54, 1.807) is 0 Å². The van der Waals surface area contributed by atoms with Crippen LogP contribution in [0.25, 0.3) is 11.0 Å². The first-order valence-electron chi connectivity index (χ1n) is 7.90. The van der Waals surface area contributed by atoms with E-state index in [1.807, 2.05) is 26.0 Å². The number of nitrogens with zero attached hydrogens (tertiary/aromatic N) is 2. The number of aryl methyl sites for hydroxylation is 2. The lowest BCUT2D eigenvalue weighted by molar-refractivity contribution is 0.0948. The fraction of sp³-hybridized carbons (Fsp3) is 0.353. The van der Waals surface area contributed by atoms with E-state index in [4.69, 9.17) is 0 Å². The molecule has 2 aromatic heterocycles. The zero-order chi connectivity index (χ0) is 16.0. The molecule has 6 heteroatoms. The molecular formula is C17H19N5O. The van der Waals surface area contributed by atoms with Gasteiger partial charge in [-0.1, -0.05) is 6.07 Å². The summed E-state index contributed by atoms with van der Waals surface area (Å²) in [6.45, 7) is 4.31. The van der Waals surface area contributed by atoms with Gasteiger partial charge in [-0.15, -0.1) is 0 Å². The minimum absolute atomic E-state index is 0.0882. The van der Waals surface area contributed by atoms with E-state index in [2.05, 4.69) is 31.5 Å². The van der Waals surface area contributed by atoms with Crippen molar-refractivity contribution in [3.05, 3.63) is 46.5 Å². The lowest BCUT2D eigenvalue weighted by Gasteiger charge is -2.04. The molecule has 0 spiro atoms. The highest BCUT2D eigenvalue weighted by atomic mass is 16.1. The second-order valence-electron chi connectivity index (χ2n) is 6.27. The maximum Gasteiger partial charge on any atom is 0.255 e. The van der Waals surface area contributed by atoms with Crippen molar-refractivity contribution < 1.29 is 4.79 Å². The fourth-order valence-corrected chi connectivity index (χ4v) is 2.90. The Kier molecular flexibility index (Phi) is 3.18. The summed E-state index contributed by atoms with van der Waals surface area (Å²) >= 11 is 0. The molecule has 1 aliphatic rings. The number of amides is 1. The number of nitrogens with one attached hydrogen (secondary N) is 3. The Morgan fingerprint density at radius 3 is 2.96 bits per heavy atom. The van der Waals surface area contributed by atoms with Crippen LogP contribution in [0.1, 0.15) is 51.9 Å². The first-order chi connectivity index (χ1) is 11.1. The van der Waals surface area contributed by atoms with Gasteiger partial charge in [0, 0.05) is 11.6 Å². The predicted molar refractivity (Wildman–Crippen MR) is 87.3 cm³/mol. The minimum atomic E-state index is -0.0882. The minimum Gasteiger partial charge on any atom is -0.345 e. The van der Waals surface area contributed by atoms with Crippen LogP contribution in [-0.2, 0) is 6.54 Å². The Labute approximate surface area is 133 Å². The molecule has 6 nitrogen and oxygen atoms in total. The summed E-state index contributed by atoms with van der Waals surface area (Å²) in [6.07, 6.45) is 2.24. The Balaban J connectivity index is 1.51. The van der Waals surface area contributed by atoms with Crippen molar-refractivity contribution in [2.75, 3.05) is 0 Å². The van der Waals surface area contributed by atoms with Gasteiger partial charge in [0.05, 0.1) is 28.8 Å². The van der Waals surface area contributed by atoms with Gasteiger partial charge in [-0.2, -0.15) is 5.10 Å².